The average molecular weight is 421 g/mol. The van der Waals surface area contributed by atoms with Gasteiger partial charge in [-0.05, 0) is 104 Å². The van der Waals surface area contributed by atoms with Crippen LogP contribution in [0.1, 0.15) is 82.0 Å². The van der Waals surface area contributed by atoms with E-state index >= 15 is 0 Å². The van der Waals surface area contributed by atoms with E-state index in [1.807, 2.05) is 38.4 Å². The van der Waals surface area contributed by atoms with Gasteiger partial charge in [0.15, 0.2) is 0 Å². The van der Waals surface area contributed by atoms with Crippen molar-refractivity contribution in [2.75, 3.05) is 19.0 Å². The first-order chi connectivity index (χ1) is 14.8. The van der Waals surface area contributed by atoms with Crippen LogP contribution in [0.15, 0.2) is 35.9 Å². The number of carbonyl (C=O) groups is 1. The number of fused-ring (bicyclic) bond motifs is 5. The smallest absolute Gasteiger partial charge is 0.251 e. The van der Waals surface area contributed by atoms with Gasteiger partial charge in [-0.15, -0.1) is 0 Å². The standard InChI is InChI=1S/C28H40N2O/c1-27-17-6-5-7-20(27)10-13-22-23-14-15-25(28(23,2)18-16-24(22)27)29-26(31)19-8-11-21(12-9-19)30(3)4/h8-12,22-25H,5-7,13-18H2,1-4H3,(H,29,31). The van der Waals surface area contributed by atoms with Crippen molar-refractivity contribution in [2.45, 2.75) is 77.7 Å². The van der Waals surface area contributed by atoms with E-state index in [2.05, 4.69) is 30.1 Å². The molecule has 3 fully saturated rings. The number of hydrogen-bond donors (Lipinski definition) is 1. The van der Waals surface area contributed by atoms with Crippen LogP contribution in [0.5, 0.6) is 0 Å². The molecular formula is C28H40N2O. The summed E-state index contributed by atoms with van der Waals surface area (Å²) in [7, 11) is 4.06. The predicted octanol–water partition coefficient (Wildman–Crippen LogP) is 6.20. The molecule has 1 N–H and O–H groups in total. The van der Waals surface area contributed by atoms with Crippen molar-refractivity contribution in [3.8, 4) is 0 Å². The van der Waals surface area contributed by atoms with Crippen LogP contribution in [0.25, 0.3) is 0 Å². The third-order valence-corrected chi connectivity index (χ3v) is 9.97. The van der Waals surface area contributed by atoms with E-state index < -0.39 is 0 Å². The first-order valence-corrected chi connectivity index (χ1v) is 12.6. The lowest BCUT2D eigenvalue weighted by molar-refractivity contribution is -0.0330. The fourth-order valence-electron chi connectivity index (χ4n) is 8.09. The third-order valence-electron chi connectivity index (χ3n) is 9.97. The SMILES string of the molecule is CN(C)c1ccc(C(=O)NC2CCC3C4CC=C5CCCCC5(C)C4CCC23C)cc1. The number of nitrogens with one attached hydrogen (secondary N) is 1. The Bertz CT molecular complexity index is 872. The Kier molecular flexibility index (Phi) is 5.22. The highest BCUT2D eigenvalue weighted by Gasteiger charge is 2.58. The number of allylic oxidation sites excluding steroid dienone is 2. The van der Waals surface area contributed by atoms with Crippen LogP contribution in [0.4, 0.5) is 5.69 Å². The van der Waals surface area contributed by atoms with Crippen molar-refractivity contribution in [3.05, 3.63) is 41.5 Å². The van der Waals surface area contributed by atoms with Crippen LogP contribution in [-0.2, 0) is 0 Å². The van der Waals surface area contributed by atoms with Gasteiger partial charge in [-0.1, -0.05) is 31.9 Å². The summed E-state index contributed by atoms with van der Waals surface area (Å²) in [4.78, 5) is 15.2. The summed E-state index contributed by atoms with van der Waals surface area (Å²) in [6.07, 6.45) is 14.5. The van der Waals surface area contributed by atoms with E-state index in [1.54, 1.807) is 5.57 Å². The van der Waals surface area contributed by atoms with E-state index in [1.165, 1.54) is 51.4 Å². The zero-order chi connectivity index (χ0) is 21.8. The molecule has 6 atom stereocenters. The summed E-state index contributed by atoms with van der Waals surface area (Å²) in [6.45, 7) is 5.08. The average Bonchev–Trinajstić information content (AvgIpc) is 3.09. The second-order valence-corrected chi connectivity index (χ2v) is 11.6. The number of anilines is 1. The molecule has 3 heteroatoms. The number of hydrogen-bond acceptors (Lipinski definition) is 2. The largest absolute Gasteiger partial charge is 0.378 e. The molecule has 0 radical (unpaired) electrons. The first kappa shape index (κ1) is 21.1. The normalized spacial score (nSPS) is 39.0. The van der Waals surface area contributed by atoms with Crippen LogP contribution >= 0.6 is 0 Å². The summed E-state index contributed by atoms with van der Waals surface area (Å²) in [5.74, 6) is 2.53. The van der Waals surface area contributed by atoms with Crippen molar-refractivity contribution in [3.63, 3.8) is 0 Å². The molecule has 0 spiro atoms. The van der Waals surface area contributed by atoms with Crippen molar-refractivity contribution >= 4 is 11.6 Å². The van der Waals surface area contributed by atoms with Crippen molar-refractivity contribution < 1.29 is 4.79 Å². The van der Waals surface area contributed by atoms with E-state index in [0.717, 1.165) is 35.4 Å². The number of nitrogens with zero attached hydrogens (tertiary/aromatic N) is 1. The maximum atomic E-state index is 13.1. The van der Waals surface area contributed by atoms with E-state index in [9.17, 15) is 4.79 Å². The predicted molar refractivity (Wildman–Crippen MR) is 128 cm³/mol. The Morgan fingerprint density at radius 1 is 1.00 bits per heavy atom. The minimum atomic E-state index is 0.101. The highest BCUT2D eigenvalue weighted by Crippen LogP contribution is 2.64. The fraction of sp³-hybridized carbons (Fsp3) is 0.679. The van der Waals surface area contributed by atoms with Gasteiger partial charge in [-0.3, -0.25) is 4.79 Å². The number of amides is 1. The monoisotopic (exact) mass is 420 g/mol. The van der Waals surface area contributed by atoms with Gasteiger partial charge in [0.25, 0.3) is 5.91 Å². The summed E-state index contributed by atoms with van der Waals surface area (Å²) >= 11 is 0. The number of benzene rings is 1. The lowest BCUT2D eigenvalue weighted by Gasteiger charge is -2.57. The summed E-state index contributed by atoms with van der Waals surface area (Å²) in [6, 6.07) is 8.32. The molecule has 0 bridgehead atoms. The van der Waals surface area contributed by atoms with Gasteiger partial charge in [0.1, 0.15) is 0 Å². The Morgan fingerprint density at radius 3 is 2.52 bits per heavy atom. The van der Waals surface area contributed by atoms with Gasteiger partial charge >= 0.3 is 0 Å². The van der Waals surface area contributed by atoms with E-state index in [-0.39, 0.29) is 11.3 Å². The second kappa shape index (κ2) is 7.67. The Labute approximate surface area is 188 Å². The molecule has 31 heavy (non-hydrogen) atoms. The molecular weight excluding hydrogens is 380 g/mol. The van der Waals surface area contributed by atoms with Gasteiger partial charge in [-0.2, -0.15) is 0 Å². The van der Waals surface area contributed by atoms with Gasteiger partial charge < -0.3 is 10.2 Å². The molecule has 0 aliphatic heterocycles. The van der Waals surface area contributed by atoms with Crippen LogP contribution < -0.4 is 10.2 Å². The fourth-order valence-corrected chi connectivity index (χ4v) is 8.09. The highest BCUT2D eigenvalue weighted by molar-refractivity contribution is 5.94. The van der Waals surface area contributed by atoms with Crippen LogP contribution in [0.2, 0.25) is 0 Å². The molecule has 4 aliphatic carbocycles. The van der Waals surface area contributed by atoms with Crippen molar-refractivity contribution in [1.82, 2.24) is 5.32 Å². The lowest BCUT2D eigenvalue weighted by Crippen LogP contribution is -2.53. The molecule has 6 unspecified atom stereocenters. The maximum Gasteiger partial charge on any atom is 0.251 e. The quantitative estimate of drug-likeness (QED) is 0.590. The minimum absolute atomic E-state index is 0.101. The number of rotatable bonds is 3. The summed E-state index contributed by atoms with van der Waals surface area (Å²) in [5.41, 5.74) is 4.40. The molecule has 3 saturated carbocycles. The molecule has 0 aromatic heterocycles. The second-order valence-electron chi connectivity index (χ2n) is 11.6. The Morgan fingerprint density at radius 2 is 1.77 bits per heavy atom. The van der Waals surface area contributed by atoms with Gasteiger partial charge in [0, 0.05) is 31.4 Å². The zero-order valence-corrected chi connectivity index (χ0v) is 19.9. The van der Waals surface area contributed by atoms with Crippen LogP contribution in [0, 0.1) is 28.6 Å². The van der Waals surface area contributed by atoms with Crippen LogP contribution in [-0.4, -0.2) is 26.0 Å². The van der Waals surface area contributed by atoms with Gasteiger partial charge in [-0.25, -0.2) is 0 Å². The van der Waals surface area contributed by atoms with Crippen molar-refractivity contribution in [2.24, 2.45) is 28.6 Å². The summed E-state index contributed by atoms with van der Waals surface area (Å²) < 4.78 is 0. The molecule has 0 saturated heterocycles. The lowest BCUT2D eigenvalue weighted by atomic mass is 9.48. The Balaban J connectivity index is 1.32. The molecule has 1 amide bonds. The third kappa shape index (κ3) is 3.34. The molecule has 168 valence electrons. The molecule has 4 aliphatic rings. The molecule has 5 rings (SSSR count). The van der Waals surface area contributed by atoms with Crippen molar-refractivity contribution in [1.29, 1.82) is 0 Å². The maximum absolute atomic E-state index is 13.1. The van der Waals surface area contributed by atoms with E-state index in [0.29, 0.717) is 11.5 Å². The van der Waals surface area contributed by atoms with Crippen LogP contribution in [0.3, 0.4) is 0 Å². The summed E-state index contributed by atoms with van der Waals surface area (Å²) in [5, 5.41) is 3.48. The minimum Gasteiger partial charge on any atom is -0.378 e. The Hall–Kier alpha value is -1.77. The molecule has 1 aromatic rings. The zero-order valence-electron chi connectivity index (χ0n) is 19.9. The molecule has 3 nitrogen and oxygen atoms in total. The van der Waals surface area contributed by atoms with Gasteiger partial charge in [0.2, 0.25) is 0 Å². The molecule has 0 heterocycles. The number of carbonyl (C=O) groups excluding carboxylic acids is 1. The first-order valence-electron chi connectivity index (χ1n) is 12.6. The highest BCUT2D eigenvalue weighted by atomic mass is 16.1. The molecule has 1 aromatic carbocycles. The van der Waals surface area contributed by atoms with Gasteiger partial charge in [0.05, 0.1) is 0 Å². The van der Waals surface area contributed by atoms with E-state index in [4.69, 9.17) is 0 Å². The topological polar surface area (TPSA) is 32.3 Å².